The Bertz CT molecular complexity index is 887. The first-order chi connectivity index (χ1) is 13.2. The van der Waals surface area contributed by atoms with Crippen molar-refractivity contribution in [3.63, 3.8) is 0 Å². The number of anilines is 2. The maximum atomic E-state index is 9.59. The van der Waals surface area contributed by atoms with Crippen molar-refractivity contribution in [2.75, 3.05) is 17.7 Å². The van der Waals surface area contributed by atoms with Crippen LogP contribution in [0.4, 0.5) is 11.8 Å². The van der Waals surface area contributed by atoms with Crippen molar-refractivity contribution in [2.45, 2.75) is 38.8 Å². The lowest BCUT2D eigenvalue weighted by Gasteiger charge is -2.19. The minimum absolute atomic E-state index is 0.00950. The molecule has 0 aliphatic carbocycles. The normalized spacial score (nSPS) is 12.1. The molecule has 3 rings (SSSR count). The third kappa shape index (κ3) is 5.04. The summed E-state index contributed by atoms with van der Waals surface area (Å²) in [4.78, 5) is 12.9. The molecule has 0 saturated carbocycles. The molecule has 2 aromatic heterocycles. The lowest BCUT2D eigenvalue weighted by atomic mass is 10.1. The van der Waals surface area contributed by atoms with E-state index in [9.17, 15) is 5.11 Å². The fourth-order valence-corrected chi connectivity index (χ4v) is 2.79. The Labute approximate surface area is 158 Å². The average molecular weight is 367 g/mol. The highest BCUT2D eigenvalue weighted by molar-refractivity contribution is 5.78. The summed E-state index contributed by atoms with van der Waals surface area (Å²) >= 11 is 0. The molecule has 7 nitrogen and oxygen atoms in total. The summed E-state index contributed by atoms with van der Waals surface area (Å²) in [6.07, 6.45) is 4.44. The minimum atomic E-state index is -0.111. The number of aliphatic hydroxyl groups is 1. The summed E-state index contributed by atoms with van der Waals surface area (Å²) in [6.45, 7) is 2.41. The van der Waals surface area contributed by atoms with Gasteiger partial charge in [0.15, 0.2) is 11.6 Å². The second-order valence-corrected chi connectivity index (χ2v) is 6.39. The number of para-hydroxylation sites is 1. The maximum Gasteiger partial charge on any atom is 0.222 e. The maximum absolute atomic E-state index is 9.59. The number of aliphatic hydroxyl groups excluding tert-OH is 1. The highest BCUT2D eigenvalue weighted by Crippen LogP contribution is 2.24. The molecule has 27 heavy (non-hydrogen) atoms. The van der Waals surface area contributed by atoms with Crippen LogP contribution in [0.3, 0.4) is 0 Å². The Morgan fingerprint density at radius 1 is 1.19 bits per heavy atom. The minimum Gasteiger partial charge on any atom is -0.482 e. The summed E-state index contributed by atoms with van der Waals surface area (Å²) in [7, 11) is 0. The van der Waals surface area contributed by atoms with Crippen LogP contribution in [-0.4, -0.2) is 32.7 Å². The molecule has 1 aromatic carbocycles. The summed E-state index contributed by atoms with van der Waals surface area (Å²) in [5.74, 6) is 1.12. The SMILES string of the molecule is CCCCC(CO)Nc1nc(N)ncc1OCc1ccc2ccccc2n1. The highest BCUT2D eigenvalue weighted by Gasteiger charge is 2.13. The van der Waals surface area contributed by atoms with E-state index in [0.29, 0.717) is 11.6 Å². The lowest BCUT2D eigenvalue weighted by Crippen LogP contribution is -2.25. The first-order valence-corrected chi connectivity index (χ1v) is 9.17. The quantitative estimate of drug-likeness (QED) is 0.533. The Balaban J connectivity index is 1.73. The topological polar surface area (TPSA) is 106 Å². The van der Waals surface area contributed by atoms with Crippen molar-refractivity contribution in [1.82, 2.24) is 15.0 Å². The Morgan fingerprint density at radius 2 is 2.04 bits per heavy atom. The number of pyridine rings is 1. The monoisotopic (exact) mass is 367 g/mol. The van der Waals surface area contributed by atoms with Crippen LogP contribution in [-0.2, 0) is 6.61 Å². The molecule has 3 aromatic rings. The van der Waals surface area contributed by atoms with Gasteiger partial charge in [-0.3, -0.25) is 0 Å². The van der Waals surface area contributed by atoms with E-state index >= 15 is 0 Å². The van der Waals surface area contributed by atoms with Gasteiger partial charge in [-0.2, -0.15) is 4.98 Å². The first-order valence-electron chi connectivity index (χ1n) is 9.17. The largest absolute Gasteiger partial charge is 0.482 e. The molecule has 0 amide bonds. The molecule has 1 atom stereocenters. The van der Waals surface area contributed by atoms with Crippen LogP contribution in [0.2, 0.25) is 0 Å². The van der Waals surface area contributed by atoms with Crippen LogP contribution in [0.15, 0.2) is 42.6 Å². The van der Waals surface area contributed by atoms with Gasteiger partial charge in [-0.05, 0) is 18.6 Å². The van der Waals surface area contributed by atoms with E-state index < -0.39 is 0 Å². The number of unbranched alkanes of at least 4 members (excludes halogenated alkanes) is 1. The molecule has 2 heterocycles. The smallest absolute Gasteiger partial charge is 0.222 e. The number of nitrogen functional groups attached to an aromatic ring is 1. The Hall–Kier alpha value is -2.93. The summed E-state index contributed by atoms with van der Waals surface area (Å²) in [5.41, 5.74) is 7.45. The van der Waals surface area contributed by atoms with Gasteiger partial charge < -0.3 is 20.9 Å². The van der Waals surface area contributed by atoms with Crippen LogP contribution in [0, 0.1) is 0 Å². The average Bonchev–Trinajstić information content (AvgIpc) is 2.70. The molecule has 0 saturated heterocycles. The second kappa shape index (κ2) is 9.14. The number of rotatable bonds is 9. The van der Waals surface area contributed by atoms with E-state index in [4.69, 9.17) is 10.5 Å². The molecule has 1 unspecified atom stereocenters. The molecule has 4 N–H and O–H groups in total. The molecule has 0 aliphatic heterocycles. The number of hydrogen-bond donors (Lipinski definition) is 3. The number of nitrogens with one attached hydrogen (secondary N) is 1. The van der Waals surface area contributed by atoms with E-state index in [1.165, 1.54) is 0 Å². The number of nitrogens with zero attached hydrogens (tertiary/aromatic N) is 3. The van der Waals surface area contributed by atoms with Crippen LogP contribution < -0.4 is 15.8 Å². The van der Waals surface area contributed by atoms with Gasteiger partial charge in [-0.1, -0.05) is 44.0 Å². The Kier molecular flexibility index (Phi) is 6.38. The number of nitrogens with two attached hydrogens (primary N) is 1. The van der Waals surface area contributed by atoms with Crippen molar-refractivity contribution in [1.29, 1.82) is 0 Å². The fraction of sp³-hybridized carbons (Fsp3) is 0.350. The van der Waals surface area contributed by atoms with Crippen molar-refractivity contribution in [2.24, 2.45) is 0 Å². The van der Waals surface area contributed by atoms with Crippen molar-refractivity contribution >= 4 is 22.7 Å². The standard InChI is InChI=1S/C20H25N5O2/c1-2-3-7-15(12-26)24-19-18(11-22-20(21)25-19)27-13-16-10-9-14-6-4-5-8-17(14)23-16/h4-6,8-11,15,26H,2-3,7,12-13H2,1H3,(H3,21,22,24,25). The van der Waals surface area contributed by atoms with Crippen molar-refractivity contribution < 1.29 is 9.84 Å². The van der Waals surface area contributed by atoms with Gasteiger partial charge in [0, 0.05) is 5.39 Å². The summed E-state index contributed by atoms with van der Waals surface area (Å²) < 4.78 is 5.89. The molecular weight excluding hydrogens is 342 g/mol. The Morgan fingerprint density at radius 3 is 2.85 bits per heavy atom. The number of fused-ring (bicyclic) bond motifs is 1. The number of hydrogen-bond acceptors (Lipinski definition) is 7. The molecule has 0 fully saturated rings. The third-order valence-electron chi connectivity index (χ3n) is 4.27. The van der Waals surface area contributed by atoms with Gasteiger partial charge in [0.25, 0.3) is 0 Å². The van der Waals surface area contributed by atoms with Gasteiger partial charge >= 0.3 is 0 Å². The third-order valence-corrected chi connectivity index (χ3v) is 4.27. The van der Waals surface area contributed by atoms with Gasteiger partial charge in [0.05, 0.1) is 30.1 Å². The van der Waals surface area contributed by atoms with Crippen LogP contribution >= 0.6 is 0 Å². The van der Waals surface area contributed by atoms with Gasteiger partial charge in [0.1, 0.15) is 6.61 Å². The summed E-state index contributed by atoms with van der Waals surface area (Å²) in [5, 5.41) is 13.9. The number of ether oxygens (including phenoxy) is 1. The van der Waals surface area contributed by atoms with Gasteiger partial charge in [-0.15, -0.1) is 0 Å². The van der Waals surface area contributed by atoms with E-state index in [-0.39, 0.29) is 25.2 Å². The number of aromatic nitrogens is 3. The molecule has 0 bridgehead atoms. The predicted molar refractivity (Wildman–Crippen MR) is 107 cm³/mol. The van der Waals surface area contributed by atoms with Crippen LogP contribution in [0.25, 0.3) is 10.9 Å². The van der Waals surface area contributed by atoms with Crippen LogP contribution in [0.1, 0.15) is 31.9 Å². The highest BCUT2D eigenvalue weighted by atomic mass is 16.5. The van der Waals surface area contributed by atoms with E-state index in [0.717, 1.165) is 35.9 Å². The molecule has 0 spiro atoms. The van der Waals surface area contributed by atoms with Gasteiger partial charge in [0.2, 0.25) is 5.95 Å². The van der Waals surface area contributed by atoms with Gasteiger partial charge in [-0.25, -0.2) is 9.97 Å². The lowest BCUT2D eigenvalue weighted by molar-refractivity contribution is 0.265. The molecule has 0 radical (unpaired) electrons. The van der Waals surface area contributed by atoms with Crippen molar-refractivity contribution in [3.8, 4) is 5.75 Å². The van der Waals surface area contributed by atoms with Crippen LogP contribution in [0.5, 0.6) is 5.75 Å². The molecule has 0 aliphatic rings. The molecule has 142 valence electrons. The molecule has 7 heteroatoms. The van der Waals surface area contributed by atoms with E-state index in [1.54, 1.807) is 6.20 Å². The van der Waals surface area contributed by atoms with Crippen molar-refractivity contribution in [3.05, 3.63) is 48.3 Å². The van der Waals surface area contributed by atoms with E-state index in [2.05, 4.69) is 27.2 Å². The zero-order valence-corrected chi connectivity index (χ0v) is 15.4. The zero-order chi connectivity index (χ0) is 19.1. The van der Waals surface area contributed by atoms with E-state index in [1.807, 2.05) is 36.4 Å². The zero-order valence-electron chi connectivity index (χ0n) is 15.4. The fourth-order valence-electron chi connectivity index (χ4n) is 2.79. The predicted octanol–water partition coefficient (Wildman–Crippen LogP) is 3.15. The molecular formula is C20H25N5O2. The summed E-state index contributed by atoms with van der Waals surface area (Å²) in [6, 6.07) is 11.8. The first kappa shape index (κ1) is 18.8. The number of benzene rings is 1. The second-order valence-electron chi connectivity index (χ2n) is 6.39.